The van der Waals surface area contributed by atoms with Crippen molar-refractivity contribution in [1.29, 1.82) is 0 Å². The molecule has 0 saturated heterocycles. The molecule has 0 aliphatic heterocycles. The molecule has 28 heteroatoms. The monoisotopic (exact) mass is 1030 g/mol. The third kappa shape index (κ3) is 32.9. The molecule has 0 bridgehead atoms. The number of nitrogen functional groups attached to an aromatic ring is 1. The van der Waals surface area contributed by atoms with E-state index in [9.17, 15) is 66.6 Å². The number of carboxylic acids is 3. The van der Waals surface area contributed by atoms with Gasteiger partial charge in [0.05, 0.1) is 51.8 Å². The minimum atomic E-state index is -4.00. The number of amides is 7. The van der Waals surface area contributed by atoms with E-state index in [2.05, 4.69) is 31.9 Å². The van der Waals surface area contributed by atoms with Crippen LogP contribution in [0.4, 0.5) is 5.69 Å². The molecule has 7 amide bonds. The average molecular weight is 1030 g/mol. The van der Waals surface area contributed by atoms with Crippen LogP contribution in [0.1, 0.15) is 82.0 Å². The predicted molar refractivity (Wildman–Crippen MR) is 250 cm³/mol. The fraction of sp³-hybridized carbons (Fsp3) is 0.628. The van der Waals surface area contributed by atoms with Crippen LogP contribution in [-0.4, -0.2) is 180 Å². The van der Waals surface area contributed by atoms with Crippen molar-refractivity contribution in [3.8, 4) is 0 Å². The van der Waals surface area contributed by atoms with E-state index < -0.39 is 106 Å². The number of rotatable bonds is 40. The van der Waals surface area contributed by atoms with Gasteiger partial charge >= 0.3 is 17.9 Å². The second-order valence-corrected chi connectivity index (χ2v) is 18.3. The lowest BCUT2D eigenvalue weighted by Gasteiger charge is -2.21. The number of nitrogens with one attached hydrogen (secondary N) is 7. The number of anilines is 1. The summed E-state index contributed by atoms with van der Waals surface area (Å²) in [6, 6.07) is 3.37. The number of carbonyl (C=O) groups excluding carboxylic acids is 7. The van der Waals surface area contributed by atoms with Crippen LogP contribution in [0.15, 0.2) is 24.3 Å². The van der Waals surface area contributed by atoms with Gasteiger partial charge in [0.2, 0.25) is 45.5 Å². The van der Waals surface area contributed by atoms with E-state index in [1.54, 1.807) is 38.1 Å². The van der Waals surface area contributed by atoms with Gasteiger partial charge in [-0.3, -0.25) is 43.1 Å². The van der Waals surface area contributed by atoms with Crippen molar-refractivity contribution < 1.29 is 90.6 Å². The number of aliphatic carboxylic acids is 3. The summed E-state index contributed by atoms with van der Waals surface area (Å²) < 4.78 is 47.3. The van der Waals surface area contributed by atoms with Gasteiger partial charge in [0.1, 0.15) is 25.3 Å². The van der Waals surface area contributed by atoms with Crippen LogP contribution in [0.2, 0.25) is 0 Å². The Morgan fingerprint density at radius 3 is 1.61 bits per heavy atom. The Morgan fingerprint density at radius 1 is 0.577 bits per heavy atom. The molecule has 27 nitrogen and oxygen atoms in total. The van der Waals surface area contributed by atoms with Crippen molar-refractivity contribution in [1.82, 2.24) is 36.6 Å². The van der Waals surface area contributed by atoms with Gasteiger partial charge in [0.25, 0.3) is 5.91 Å². The highest BCUT2D eigenvalue weighted by molar-refractivity contribution is 7.90. The third-order valence-corrected chi connectivity index (χ3v) is 10.9. The Kier molecular flexibility index (Phi) is 30.6. The van der Waals surface area contributed by atoms with Crippen molar-refractivity contribution in [3.05, 3.63) is 29.8 Å². The molecule has 71 heavy (non-hydrogen) atoms. The Balaban J connectivity index is 2.16. The topological polar surface area (TPSA) is 413 Å². The molecule has 2 unspecified atom stereocenters. The summed E-state index contributed by atoms with van der Waals surface area (Å²) in [5.74, 6) is -8.56. The quantitative estimate of drug-likeness (QED) is 0.0241. The summed E-state index contributed by atoms with van der Waals surface area (Å²) in [6.45, 7) is 3.20. The predicted octanol–water partition coefficient (Wildman–Crippen LogP) is -2.38. The van der Waals surface area contributed by atoms with E-state index in [-0.39, 0.29) is 123 Å². The van der Waals surface area contributed by atoms with Crippen molar-refractivity contribution in [2.24, 2.45) is 5.41 Å². The molecule has 2 atom stereocenters. The van der Waals surface area contributed by atoms with Gasteiger partial charge in [0, 0.05) is 63.1 Å². The molecule has 12 N–H and O–H groups in total. The number of hydrogen-bond donors (Lipinski definition) is 11. The number of carbonyl (C=O) groups is 10. The molecule has 1 aromatic rings. The van der Waals surface area contributed by atoms with Crippen LogP contribution in [0.25, 0.3) is 0 Å². The highest BCUT2D eigenvalue weighted by Crippen LogP contribution is 2.26. The first-order valence-electron chi connectivity index (χ1n) is 22.5. The molecule has 0 radical (unpaired) electrons. The maximum atomic E-state index is 12.5. The lowest BCUT2D eigenvalue weighted by atomic mass is 9.84. The SMILES string of the molecule is CC(C)(CCC(=O)NS(=O)(=O)CCCC(=O)NCCOCCOCC(=O)NC(CCC(=O)NC(CCC(=O)NCCOCCOCC(=O)NCCNC(=O)c1ccc(N)cc1)C(=O)O)C(=O)O)CC(=O)O. The highest BCUT2D eigenvalue weighted by Gasteiger charge is 2.26. The summed E-state index contributed by atoms with van der Waals surface area (Å²) in [5, 5.41) is 42.7. The summed E-state index contributed by atoms with van der Waals surface area (Å²) in [6.07, 6.45) is -1.89. The highest BCUT2D eigenvalue weighted by atomic mass is 32.2. The Hall–Kier alpha value is -6.49. The Bertz CT molecular complexity index is 2020. The van der Waals surface area contributed by atoms with Gasteiger partial charge in [-0.05, 0) is 55.4 Å². The number of sulfonamides is 1. The number of hydrogen-bond acceptors (Lipinski definition) is 17. The average Bonchev–Trinajstić information content (AvgIpc) is 3.28. The Morgan fingerprint density at radius 2 is 1.06 bits per heavy atom. The summed E-state index contributed by atoms with van der Waals surface area (Å²) in [4.78, 5) is 119. The maximum absolute atomic E-state index is 12.5. The van der Waals surface area contributed by atoms with Gasteiger partial charge in [-0.25, -0.2) is 18.0 Å². The minimum Gasteiger partial charge on any atom is -0.481 e. The maximum Gasteiger partial charge on any atom is 0.326 e. The molecular weight excluding hydrogens is 965 g/mol. The molecule has 400 valence electrons. The van der Waals surface area contributed by atoms with E-state index in [0.29, 0.717) is 11.3 Å². The fourth-order valence-corrected chi connectivity index (χ4v) is 6.93. The van der Waals surface area contributed by atoms with Crippen LogP contribution in [0.3, 0.4) is 0 Å². The lowest BCUT2D eigenvalue weighted by molar-refractivity contribution is -0.144. The molecule has 1 aromatic carbocycles. The number of carboxylic acid groups (broad SMARTS) is 3. The smallest absolute Gasteiger partial charge is 0.326 e. The van der Waals surface area contributed by atoms with Crippen molar-refractivity contribution in [2.45, 2.75) is 83.7 Å². The molecule has 0 saturated carbocycles. The van der Waals surface area contributed by atoms with Crippen molar-refractivity contribution >= 4 is 75.0 Å². The zero-order chi connectivity index (χ0) is 53.2. The van der Waals surface area contributed by atoms with Crippen molar-refractivity contribution in [2.75, 3.05) is 90.5 Å². The first-order chi connectivity index (χ1) is 33.5. The first kappa shape index (κ1) is 62.5. The molecule has 0 aromatic heterocycles. The molecule has 1 rings (SSSR count). The van der Waals surface area contributed by atoms with Crippen LogP contribution in [0.5, 0.6) is 0 Å². The summed E-state index contributed by atoms with van der Waals surface area (Å²) in [5.41, 5.74) is 5.86. The zero-order valence-corrected chi connectivity index (χ0v) is 40.7. The minimum absolute atomic E-state index is 0.0151. The fourth-order valence-electron chi connectivity index (χ4n) is 5.85. The number of nitrogens with two attached hydrogens (primary N) is 1. The zero-order valence-electron chi connectivity index (χ0n) is 39.9. The largest absolute Gasteiger partial charge is 0.481 e. The van der Waals surface area contributed by atoms with Gasteiger partial charge in [-0.15, -0.1) is 0 Å². The van der Waals surface area contributed by atoms with Crippen LogP contribution in [-0.2, 0) is 72.1 Å². The van der Waals surface area contributed by atoms with E-state index in [0.717, 1.165) is 0 Å². The van der Waals surface area contributed by atoms with Crippen LogP contribution < -0.4 is 42.4 Å². The molecule has 0 fully saturated rings. The number of ether oxygens (including phenoxy) is 4. The summed E-state index contributed by atoms with van der Waals surface area (Å²) >= 11 is 0. The molecule has 0 aliphatic rings. The molecular formula is C43H68N8O19S. The van der Waals surface area contributed by atoms with E-state index in [1.807, 2.05) is 4.72 Å². The second-order valence-electron chi connectivity index (χ2n) is 16.4. The standard InChI is InChI=1S/C43H68N8O19S/c1-43(2,26-39(58)59)14-13-36(55)51-71(65,66)25-3-4-33(52)46-17-19-67-22-24-70-28-38(57)50-32(42(63)64)10-12-35(54)49-31(41(61)62)9-11-34(53)47-18-20-68-21-23-69-27-37(56)45-15-16-48-40(60)29-5-7-30(44)8-6-29/h5-8,31-32H,3-4,9-28,44H2,1-2H3,(H,45,56)(H,46,52)(H,47,53)(H,48,60)(H,49,54)(H,50,57)(H,51,55)(H,58,59)(H,61,62)(H,63,64). The third-order valence-electron chi connectivity index (χ3n) is 9.58. The first-order valence-corrected chi connectivity index (χ1v) is 24.2. The Labute approximate surface area is 410 Å². The molecule has 0 spiro atoms. The van der Waals surface area contributed by atoms with E-state index >= 15 is 0 Å². The molecule has 0 aliphatic carbocycles. The van der Waals surface area contributed by atoms with Crippen molar-refractivity contribution in [3.63, 3.8) is 0 Å². The van der Waals surface area contributed by atoms with Crippen LogP contribution >= 0.6 is 0 Å². The second kappa shape index (κ2) is 34.7. The van der Waals surface area contributed by atoms with Gasteiger partial charge in [0.15, 0.2) is 0 Å². The van der Waals surface area contributed by atoms with E-state index in [4.69, 9.17) is 29.8 Å². The van der Waals surface area contributed by atoms with Crippen LogP contribution in [0, 0.1) is 5.41 Å². The number of benzene rings is 1. The van der Waals surface area contributed by atoms with Gasteiger partial charge in [-0.2, -0.15) is 0 Å². The molecule has 0 heterocycles. The normalized spacial score (nSPS) is 12.1. The van der Waals surface area contributed by atoms with Gasteiger partial charge in [-0.1, -0.05) is 13.8 Å². The lowest BCUT2D eigenvalue weighted by Crippen LogP contribution is -2.45. The summed E-state index contributed by atoms with van der Waals surface area (Å²) in [7, 11) is -4.00. The van der Waals surface area contributed by atoms with Gasteiger partial charge < -0.3 is 71.9 Å². The van der Waals surface area contributed by atoms with E-state index in [1.165, 1.54) is 0 Å².